The summed E-state index contributed by atoms with van der Waals surface area (Å²) in [7, 11) is -0.924. The van der Waals surface area contributed by atoms with Gasteiger partial charge in [-0.3, -0.25) is 9.00 Å². The van der Waals surface area contributed by atoms with Gasteiger partial charge in [0.1, 0.15) is 0 Å². The van der Waals surface area contributed by atoms with Gasteiger partial charge in [-0.1, -0.05) is 30.3 Å². The van der Waals surface area contributed by atoms with Crippen LogP contribution in [0.2, 0.25) is 0 Å². The van der Waals surface area contributed by atoms with Gasteiger partial charge in [0.25, 0.3) is 0 Å². The molecular formula is C14H20N2O2S. The van der Waals surface area contributed by atoms with Gasteiger partial charge in [-0.05, 0) is 24.9 Å². The molecule has 0 radical (unpaired) electrons. The van der Waals surface area contributed by atoms with E-state index in [1.54, 1.807) is 0 Å². The molecule has 0 aliphatic carbocycles. The number of rotatable bonds is 6. The Kier molecular flexibility index (Phi) is 5.54. The maximum atomic E-state index is 11.9. The minimum atomic E-state index is -0.924. The summed E-state index contributed by atoms with van der Waals surface area (Å²) in [6.07, 6.45) is 1.96. The molecule has 1 fully saturated rings. The van der Waals surface area contributed by atoms with Crippen molar-refractivity contribution in [2.75, 3.05) is 18.8 Å². The number of hydrogen-bond donors (Lipinski definition) is 2. The highest BCUT2D eigenvalue weighted by Crippen LogP contribution is 2.05. The average molecular weight is 280 g/mol. The fraction of sp³-hybridized carbons (Fsp3) is 0.500. The zero-order valence-corrected chi connectivity index (χ0v) is 11.7. The molecule has 5 heteroatoms. The smallest absolute Gasteiger partial charge is 0.237 e. The third-order valence-corrected chi connectivity index (χ3v) is 4.49. The van der Waals surface area contributed by atoms with Gasteiger partial charge in [0.15, 0.2) is 0 Å². The van der Waals surface area contributed by atoms with Crippen LogP contribution in [-0.4, -0.2) is 35.0 Å². The lowest BCUT2D eigenvalue weighted by Crippen LogP contribution is -2.41. The molecule has 2 N–H and O–H groups in total. The van der Waals surface area contributed by atoms with Crippen LogP contribution in [0.4, 0.5) is 0 Å². The lowest BCUT2D eigenvalue weighted by Gasteiger charge is -2.10. The third-order valence-electron chi connectivity index (χ3n) is 3.18. The molecular weight excluding hydrogens is 260 g/mol. The van der Waals surface area contributed by atoms with Gasteiger partial charge in [0.05, 0.1) is 6.04 Å². The number of carbonyl (C=O) groups is 1. The van der Waals surface area contributed by atoms with Crippen LogP contribution in [0.1, 0.15) is 18.4 Å². The van der Waals surface area contributed by atoms with Crippen LogP contribution in [0.3, 0.4) is 0 Å². The fourth-order valence-electron chi connectivity index (χ4n) is 2.15. The number of nitrogens with one attached hydrogen (secondary N) is 2. The van der Waals surface area contributed by atoms with Crippen molar-refractivity contribution in [3.8, 4) is 0 Å². The summed E-state index contributed by atoms with van der Waals surface area (Å²) in [6.45, 7) is 1.40. The summed E-state index contributed by atoms with van der Waals surface area (Å²) in [5, 5.41) is 5.99. The minimum Gasteiger partial charge on any atom is -0.354 e. The standard InChI is InChI=1S/C14H20N2O2S/c17-14(13-7-4-8-15-13)16-9-10-19(18)11-12-5-2-1-3-6-12/h1-3,5-6,13,15H,4,7-11H2,(H,16,17). The van der Waals surface area contributed by atoms with E-state index in [2.05, 4.69) is 10.6 Å². The average Bonchev–Trinajstić information content (AvgIpc) is 2.93. The van der Waals surface area contributed by atoms with Crippen molar-refractivity contribution in [2.45, 2.75) is 24.6 Å². The van der Waals surface area contributed by atoms with Crippen LogP contribution in [0.15, 0.2) is 30.3 Å². The predicted molar refractivity (Wildman–Crippen MR) is 77.2 cm³/mol. The highest BCUT2D eigenvalue weighted by Gasteiger charge is 2.21. The SMILES string of the molecule is O=C(NCCS(=O)Cc1ccccc1)C1CCCN1. The first-order valence-electron chi connectivity index (χ1n) is 6.66. The maximum Gasteiger partial charge on any atom is 0.237 e. The molecule has 1 aromatic rings. The Hall–Kier alpha value is -1.20. The van der Waals surface area contributed by atoms with Crippen molar-refractivity contribution in [2.24, 2.45) is 0 Å². The highest BCUT2D eigenvalue weighted by atomic mass is 32.2. The van der Waals surface area contributed by atoms with Gasteiger partial charge in [0.2, 0.25) is 5.91 Å². The number of benzene rings is 1. The van der Waals surface area contributed by atoms with E-state index in [1.165, 1.54) is 0 Å². The van der Waals surface area contributed by atoms with Gasteiger partial charge in [0, 0.05) is 28.9 Å². The van der Waals surface area contributed by atoms with E-state index >= 15 is 0 Å². The van der Waals surface area contributed by atoms with Crippen molar-refractivity contribution in [1.82, 2.24) is 10.6 Å². The Morgan fingerprint density at radius 2 is 2.16 bits per heavy atom. The number of carbonyl (C=O) groups excluding carboxylic acids is 1. The summed E-state index contributed by atoms with van der Waals surface area (Å²) in [5.41, 5.74) is 1.07. The highest BCUT2D eigenvalue weighted by molar-refractivity contribution is 7.84. The lowest BCUT2D eigenvalue weighted by molar-refractivity contribution is -0.122. The lowest BCUT2D eigenvalue weighted by atomic mass is 10.2. The molecule has 1 aliphatic rings. The molecule has 1 aromatic carbocycles. The third kappa shape index (κ3) is 4.76. The van der Waals surface area contributed by atoms with Crippen LogP contribution < -0.4 is 10.6 Å². The second-order valence-electron chi connectivity index (χ2n) is 4.71. The molecule has 0 bridgehead atoms. The first-order valence-corrected chi connectivity index (χ1v) is 8.14. The Labute approximate surface area is 116 Å². The van der Waals surface area contributed by atoms with Crippen molar-refractivity contribution < 1.29 is 9.00 Å². The molecule has 2 rings (SSSR count). The van der Waals surface area contributed by atoms with E-state index in [1.807, 2.05) is 30.3 Å². The molecule has 4 nitrogen and oxygen atoms in total. The molecule has 1 heterocycles. The van der Waals surface area contributed by atoms with E-state index < -0.39 is 10.8 Å². The van der Waals surface area contributed by atoms with Gasteiger partial charge in [-0.25, -0.2) is 0 Å². The maximum absolute atomic E-state index is 11.9. The van der Waals surface area contributed by atoms with Crippen LogP contribution >= 0.6 is 0 Å². The van der Waals surface area contributed by atoms with E-state index in [-0.39, 0.29) is 11.9 Å². The monoisotopic (exact) mass is 280 g/mol. The molecule has 0 spiro atoms. The zero-order chi connectivity index (χ0) is 13.5. The first kappa shape index (κ1) is 14.2. The van der Waals surface area contributed by atoms with Gasteiger partial charge >= 0.3 is 0 Å². The molecule has 104 valence electrons. The Morgan fingerprint density at radius 1 is 1.37 bits per heavy atom. The van der Waals surface area contributed by atoms with Crippen LogP contribution in [0, 0.1) is 0 Å². The van der Waals surface area contributed by atoms with Crippen LogP contribution in [-0.2, 0) is 21.3 Å². The van der Waals surface area contributed by atoms with Gasteiger partial charge in [-0.15, -0.1) is 0 Å². The fourth-order valence-corrected chi connectivity index (χ4v) is 3.19. The molecule has 1 saturated heterocycles. The zero-order valence-electron chi connectivity index (χ0n) is 10.9. The largest absolute Gasteiger partial charge is 0.354 e. The topological polar surface area (TPSA) is 58.2 Å². The van der Waals surface area contributed by atoms with E-state index in [0.717, 1.165) is 24.9 Å². The second-order valence-corrected chi connectivity index (χ2v) is 6.29. The van der Waals surface area contributed by atoms with E-state index in [0.29, 0.717) is 18.1 Å². The quantitative estimate of drug-likeness (QED) is 0.810. The van der Waals surface area contributed by atoms with Crippen molar-refractivity contribution in [1.29, 1.82) is 0 Å². The number of hydrogen-bond acceptors (Lipinski definition) is 3. The Balaban J connectivity index is 1.65. The molecule has 2 atom stereocenters. The molecule has 0 aromatic heterocycles. The summed E-state index contributed by atoms with van der Waals surface area (Å²) in [6, 6.07) is 9.72. The van der Waals surface area contributed by atoms with Crippen LogP contribution in [0.25, 0.3) is 0 Å². The van der Waals surface area contributed by atoms with Gasteiger partial charge in [-0.2, -0.15) is 0 Å². The summed E-state index contributed by atoms with van der Waals surface area (Å²) < 4.78 is 11.9. The predicted octanol–water partition coefficient (Wildman–Crippen LogP) is 0.803. The second kappa shape index (κ2) is 7.40. The summed E-state index contributed by atoms with van der Waals surface area (Å²) in [4.78, 5) is 11.7. The summed E-state index contributed by atoms with van der Waals surface area (Å²) >= 11 is 0. The van der Waals surface area contributed by atoms with Crippen molar-refractivity contribution in [3.05, 3.63) is 35.9 Å². The molecule has 1 aliphatic heterocycles. The molecule has 0 saturated carbocycles. The summed E-state index contributed by atoms with van der Waals surface area (Å²) in [5.74, 6) is 1.10. The Morgan fingerprint density at radius 3 is 2.84 bits per heavy atom. The molecule has 1 amide bonds. The van der Waals surface area contributed by atoms with E-state index in [4.69, 9.17) is 0 Å². The first-order chi connectivity index (χ1) is 9.25. The van der Waals surface area contributed by atoms with Crippen molar-refractivity contribution in [3.63, 3.8) is 0 Å². The molecule has 2 unspecified atom stereocenters. The molecule has 19 heavy (non-hydrogen) atoms. The van der Waals surface area contributed by atoms with Crippen LogP contribution in [0.5, 0.6) is 0 Å². The van der Waals surface area contributed by atoms with Crippen molar-refractivity contribution >= 4 is 16.7 Å². The van der Waals surface area contributed by atoms with Gasteiger partial charge < -0.3 is 10.6 Å². The number of amides is 1. The normalized spacial score (nSPS) is 20.1. The minimum absolute atomic E-state index is 0.0363. The Bertz CT molecular complexity index is 430. The van der Waals surface area contributed by atoms with E-state index in [9.17, 15) is 9.00 Å².